The minimum Gasteiger partial charge on any atom is -0.454 e. The number of halogens is 1. The summed E-state index contributed by atoms with van der Waals surface area (Å²) < 4.78 is 11.1. The van der Waals surface area contributed by atoms with E-state index in [0.717, 1.165) is 5.56 Å². The topological polar surface area (TPSA) is 38.8 Å². The molecule has 2 aliphatic heterocycles. The fraction of sp³-hybridized carbons (Fsp3) is 0.0588. The minimum atomic E-state index is -0.148. The van der Waals surface area contributed by atoms with Crippen LogP contribution in [0.2, 0.25) is 5.02 Å². The fourth-order valence-electron chi connectivity index (χ4n) is 2.43. The second-order valence-electron chi connectivity index (χ2n) is 5.11. The average molecular weight is 376 g/mol. The van der Waals surface area contributed by atoms with Gasteiger partial charge >= 0.3 is 0 Å². The number of benzene rings is 2. The highest BCUT2D eigenvalue weighted by Crippen LogP contribution is 2.38. The van der Waals surface area contributed by atoms with E-state index in [-0.39, 0.29) is 12.7 Å². The zero-order valence-electron chi connectivity index (χ0n) is 12.2. The highest BCUT2D eigenvalue weighted by atomic mass is 35.5. The first-order valence-corrected chi connectivity index (χ1v) is 8.65. The summed E-state index contributed by atoms with van der Waals surface area (Å²) in [4.78, 5) is 14.8. The molecule has 1 fully saturated rings. The van der Waals surface area contributed by atoms with Gasteiger partial charge in [-0.2, -0.15) is 0 Å². The molecule has 4 nitrogen and oxygen atoms in total. The molecule has 2 heterocycles. The van der Waals surface area contributed by atoms with Crippen LogP contribution in [0.5, 0.6) is 11.5 Å². The van der Waals surface area contributed by atoms with Crippen molar-refractivity contribution in [2.24, 2.45) is 0 Å². The number of rotatable bonds is 2. The van der Waals surface area contributed by atoms with Gasteiger partial charge in [0.2, 0.25) is 6.79 Å². The van der Waals surface area contributed by atoms with Crippen molar-refractivity contribution in [3.05, 3.63) is 58.0 Å². The smallest absolute Gasteiger partial charge is 0.270 e. The molecule has 0 saturated carbocycles. The Labute approximate surface area is 153 Å². The van der Waals surface area contributed by atoms with Crippen LogP contribution in [0, 0.1) is 0 Å². The molecule has 120 valence electrons. The van der Waals surface area contributed by atoms with E-state index in [9.17, 15) is 4.79 Å². The van der Waals surface area contributed by atoms with Crippen LogP contribution in [-0.2, 0) is 4.79 Å². The third kappa shape index (κ3) is 2.77. The van der Waals surface area contributed by atoms with E-state index in [2.05, 4.69) is 0 Å². The zero-order valence-corrected chi connectivity index (χ0v) is 14.6. The number of hydrogen-bond acceptors (Lipinski definition) is 5. The van der Waals surface area contributed by atoms with Crippen molar-refractivity contribution >= 4 is 57.6 Å². The van der Waals surface area contributed by atoms with E-state index in [1.54, 1.807) is 30.3 Å². The van der Waals surface area contributed by atoms with Gasteiger partial charge in [-0.15, -0.1) is 0 Å². The molecule has 0 atom stereocenters. The maximum Gasteiger partial charge on any atom is 0.270 e. The number of hydrogen-bond donors (Lipinski definition) is 0. The van der Waals surface area contributed by atoms with E-state index < -0.39 is 0 Å². The number of carbonyl (C=O) groups is 1. The predicted octanol–water partition coefficient (Wildman–Crippen LogP) is 4.47. The van der Waals surface area contributed by atoms with Gasteiger partial charge in [-0.1, -0.05) is 41.6 Å². The largest absolute Gasteiger partial charge is 0.454 e. The molecule has 0 spiro atoms. The van der Waals surface area contributed by atoms with Crippen molar-refractivity contribution in [3.8, 4) is 11.5 Å². The van der Waals surface area contributed by atoms with Crippen LogP contribution in [-0.4, -0.2) is 17.0 Å². The van der Waals surface area contributed by atoms with E-state index in [1.165, 1.54) is 16.7 Å². The lowest BCUT2D eigenvalue weighted by atomic mass is 10.2. The molecule has 0 bridgehead atoms. The highest BCUT2D eigenvalue weighted by Gasteiger charge is 2.33. The number of thioether (sulfide) groups is 1. The molecular formula is C17H10ClNO3S2. The normalized spacial score (nSPS) is 17.9. The summed E-state index contributed by atoms with van der Waals surface area (Å²) in [5, 5.41) is 0.611. The summed E-state index contributed by atoms with van der Waals surface area (Å²) in [6.07, 6.45) is 1.80. The number of anilines is 1. The molecule has 1 saturated heterocycles. The second-order valence-corrected chi connectivity index (χ2v) is 7.22. The average Bonchev–Trinajstić information content (AvgIpc) is 3.13. The lowest BCUT2D eigenvalue weighted by molar-refractivity contribution is -0.113. The standard InChI is InChI=1S/C17H10ClNO3S2/c18-11-2-4-12(5-3-11)19-16(20)15(24-17(19)23)8-10-1-6-13-14(7-10)22-9-21-13/h1-8H,9H2/b15-8-. The minimum absolute atomic E-state index is 0.148. The number of nitrogens with zero attached hydrogens (tertiary/aromatic N) is 1. The van der Waals surface area contributed by atoms with Crippen molar-refractivity contribution in [2.75, 3.05) is 11.7 Å². The molecule has 24 heavy (non-hydrogen) atoms. The van der Waals surface area contributed by atoms with E-state index >= 15 is 0 Å². The van der Waals surface area contributed by atoms with Crippen molar-refractivity contribution < 1.29 is 14.3 Å². The second kappa shape index (κ2) is 6.12. The third-order valence-corrected chi connectivity index (χ3v) is 5.13. The van der Waals surface area contributed by atoms with Gasteiger partial charge in [0.25, 0.3) is 5.91 Å². The molecule has 2 aromatic rings. The molecule has 0 radical (unpaired) electrons. The molecule has 2 aromatic carbocycles. The van der Waals surface area contributed by atoms with Gasteiger partial charge in [0, 0.05) is 5.02 Å². The number of fused-ring (bicyclic) bond motifs is 1. The van der Waals surface area contributed by atoms with E-state index in [0.29, 0.717) is 31.4 Å². The van der Waals surface area contributed by atoms with Crippen molar-refractivity contribution in [1.82, 2.24) is 0 Å². The lowest BCUT2D eigenvalue weighted by Gasteiger charge is -2.14. The molecule has 0 aromatic heterocycles. The quantitative estimate of drug-likeness (QED) is 0.571. The summed E-state index contributed by atoms with van der Waals surface area (Å²) in [6, 6.07) is 12.6. The molecule has 1 amide bonds. The third-order valence-electron chi connectivity index (χ3n) is 3.57. The summed E-state index contributed by atoms with van der Waals surface area (Å²) in [7, 11) is 0. The number of carbonyl (C=O) groups excluding carboxylic acids is 1. The zero-order chi connectivity index (χ0) is 16.7. The molecule has 7 heteroatoms. The summed E-state index contributed by atoms with van der Waals surface area (Å²) in [5.41, 5.74) is 1.56. The van der Waals surface area contributed by atoms with E-state index in [4.69, 9.17) is 33.3 Å². The molecule has 0 unspecified atom stereocenters. The Morgan fingerprint density at radius 1 is 1.12 bits per heavy atom. The van der Waals surface area contributed by atoms with Gasteiger partial charge in [0.05, 0.1) is 10.6 Å². The molecule has 4 rings (SSSR count). The van der Waals surface area contributed by atoms with Crippen LogP contribution < -0.4 is 14.4 Å². The Morgan fingerprint density at radius 3 is 2.67 bits per heavy atom. The van der Waals surface area contributed by atoms with Crippen LogP contribution in [0.4, 0.5) is 5.69 Å². The number of ether oxygens (including phenoxy) is 2. The number of amides is 1. The van der Waals surface area contributed by atoms with Crippen LogP contribution in [0.3, 0.4) is 0 Å². The van der Waals surface area contributed by atoms with Gasteiger partial charge < -0.3 is 9.47 Å². The first-order chi connectivity index (χ1) is 11.6. The summed E-state index contributed by atoms with van der Waals surface area (Å²) >= 11 is 12.5. The van der Waals surface area contributed by atoms with Gasteiger partial charge in [-0.25, -0.2) is 0 Å². The maximum absolute atomic E-state index is 12.7. The number of thiocarbonyl (C=S) groups is 1. The van der Waals surface area contributed by atoms with Crippen LogP contribution in [0.15, 0.2) is 47.4 Å². The van der Waals surface area contributed by atoms with Crippen molar-refractivity contribution in [1.29, 1.82) is 0 Å². The fourth-order valence-corrected chi connectivity index (χ4v) is 3.86. The van der Waals surface area contributed by atoms with Crippen LogP contribution in [0.1, 0.15) is 5.56 Å². The van der Waals surface area contributed by atoms with E-state index in [1.807, 2.05) is 18.2 Å². The monoisotopic (exact) mass is 375 g/mol. The Kier molecular flexibility index (Phi) is 3.96. The highest BCUT2D eigenvalue weighted by molar-refractivity contribution is 8.27. The Hall–Kier alpha value is -2.02. The van der Waals surface area contributed by atoms with Crippen molar-refractivity contribution in [2.45, 2.75) is 0 Å². The molecule has 0 N–H and O–H groups in total. The van der Waals surface area contributed by atoms with Gasteiger partial charge in [0.1, 0.15) is 0 Å². The van der Waals surface area contributed by atoms with Crippen LogP contribution in [0.25, 0.3) is 6.08 Å². The SMILES string of the molecule is O=C1/C(=C/c2ccc3c(c2)OCO3)SC(=S)N1c1ccc(Cl)cc1. The first kappa shape index (κ1) is 15.5. The molecule has 0 aliphatic carbocycles. The van der Waals surface area contributed by atoms with Crippen molar-refractivity contribution in [3.63, 3.8) is 0 Å². The molecular weight excluding hydrogens is 366 g/mol. The molecule has 2 aliphatic rings. The van der Waals surface area contributed by atoms with Gasteiger partial charge in [-0.3, -0.25) is 9.69 Å². The Balaban J connectivity index is 1.64. The Morgan fingerprint density at radius 2 is 1.88 bits per heavy atom. The lowest BCUT2D eigenvalue weighted by Crippen LogP contribution is -2.27. The van der Waals surface area contributed by atoms with Gasteiger partial charge in [0.15, 0.2) is 15.8 Å². The Bertz CT molecular complexity index is 880. The predicted molar refractivity (Wildman–Crippen MR) is 99.7 cm³/mol. The summed E-state index contributed by atoms with van der Waals surface area (Å²) in [6.45, 7) is 0.220. The first-order valence-electron chi connectivity index (χ1n) is 7.05. The maximum atomic E-state index is 12.7. The summed E-state index contributed by atoms with van der Waals surface area (Å²) in [5.74, 6) is 1.24. The van der Waals surface area contributed by atoms with Gasteiger partial charge in [-0.05, 0) is 48.0 Å². The van der Waals surface area contributed by atoms with Crippen LogP contribution >= 0.6 is 35.6 Å².